The van der Waals surface area contributed by atoms with E-state index in [4.69, 9.17) is 13.8 Å². The summed E-state index contributed by atoms with van der Waals surface area (Å²) in [5.74, 6) is 0.857. The molecule has 0 spiro atoms. The third-order valence-corrected chi connectivity index (χ3v) is 11.5. The van der Waals surface area contributed by atoms with Gasteiger partial charge in [-0.3, -0.25) is 5.32 Å². The van der Waals surface area contributed by atoms with Gasteiger partial charge in [-0.15, -0.1) is 0 Å². The van der Waals surface area contributed by atoms with Crippen molar-refractivity contribution in [2.45, 2.75) is 12.3 Å². The number of amidine groups is 1. The van der Waals surface area contributed by atoms with Crippen LogP contribution in [0.5, 0.6) is 0 Å². The average Bonchev–Trinajstić information content (AvgIpc) is 3.96. The fraction of sp³-hybridized carbons (Fsp3) is 0.0392. The van der Waals surface area contributed by atoms with Gasteiger partial charge in [0.2, 0.25) is 0 Å². The van der Waals surface area contributed by atoms with Crippen molar-refractivity contribution in [3.63, 3.8) is 0 Å². The Bertz CT molecular complexity index is 3320. The third-order valence-electron chi connectivity index (χ3n) is 11.5. The van der Waals surface area contributed by atoms with Crippen LogP contribution in [0.2, 0.25) is 0 Å². The van der Waals surface area contributed by atoms with Crippen molar-refractivity contribution in [1.82, 2.24) is 15.2 Å². The Labute approximate surface area is 327 Å². The SMILES string of the molecule is c1ccc(C2=NC(c3ccc4oc5c(-c6ccc7c(c6)oc6c(-n8c9ccccc9c9ccccc98)cccc67)cccc5c4c3)NC(c3ccccc3)N2)cc1. The number of fused-ring (bicyclic) bond motifs is 9. The molecule has 1 aliphatic rings. The number of aliphatic imine (C=N–C) groups is 1. The van der Waals surface area contributed by atoms with Crippen LogP contribution in [-0.2, 0) is 0 Å². The van der Waals surface area contributed by atoms with E-state index < -0.39 is 0 Å². The molecule has 2 atom stereocenters. The van der Waals surface area contributed by atoms with E-state index in [-0.39, 0.29) is 12.3 Å². The summed E-state index contributed by atoms with van der Waals surface area (Å²) in [4.78, 5) is 5.19. The second-order valence-electron chi connectivity index (χ2n) is 14.8. The molecule has 3 aromatic heterocycles. The number of furan rings is 2. The van der Waals surface area contributed by atoms with Gasteiger partial charge in [-0.2, -0.15) is 0 Å². The summed E-state index contributed by atoms with van der Waals surface area (Å²) in [6, 6.07) is 63.7. The quantitative estimate of drug-likeness (QED) is 0.185. The summed E-state index contributed by atoms with van der Waals surface area (Å²) in [6.07, 6.45) is -0.384. The molecule has 12 rings (SSSR count). The highest BCUT2D eigenvalue weighted by atomic mass is 16.3. The predicted molar refractivity (Wildman–Crippen MR) is 232 cm³/mol. The van der Waals surface area contributed by atoms with Gasteiger partial charge in [0.15, 0.2) is 5.58 Å². The summed E-state index contributed by atoms with van der Waals surface area (Å²) in [5, 5.41) is 14.1. The molecule has 1 aliphatic heterocycles. The van der Waals surface area contributed by atoms with Gasteiger partial charge in [0.1, 0.15) is 34.9 Å². The molecule has 6 heteroatoms. The molecule has 0 radical (unpaired) electrons. The van der Waals surface area contributed by atoms with Crippen molar-refractivity contribution in [2.75, 3.05) is 0 Å². The minimum Gasteiger partial charge on any atom is -0.455 e. The molecule has 4 heterocycles. The summed E-state index contributed by atoms with van der Waals surface area (Å²) >= 11 is 0. The van der Waals surface area contributed by atoms with Gasteiger partial charge >= 0.3 is 0 Å². The highest BCUT2D eigenvalue weighted by molar-refractivity contribution is 6.14. The van der Waals surface area contributed by atoms with Gasteiger partial charge in [-0.25, -0.2) is 4.99 Å². The molecule has 6 nitrogen and oxygen atoms in total. The Hall–Kier alpha value is -7.41. The van der Waals surface area contributed by atoms with E-state index in [9.17, 15) is 0 Å². The largest absolute Gasteiger partial charge is 0.455 e. The molecule has 8 aromatic carbocycles. The lowest BCUT2D eigenvalue weighted by Crippen LogP contribution is -2.44. The normalized spacial score (nSPS) is 15.9. The zero-order valence-corrected chi connectivity index (χ0v) is 30.7. The molecule has 2 unspecified atom stereocenters. The first kappa shape index (κ1) is 31.9. The first-order valence-corrected chi connectivity index (χ1v) is 19.4. The van der Waals surface area contributed by atoms with Crippen LogP contribution >= 0.6 is 0 Å². The number of rotatable bonds is 5. The summed E-state index contributed by atoms with van der Waals surface area (Å²) in [6.45, 7) is 0. The Morgan fingerprint density at radius 2 is 1.12 bits per heavy atom. The summed E-state index contributed by atoms with van der Waals surface area (Å²) < 4.78 is 15.8. The molecular weight excluding hydrogens is 701 g/mol. The molecule has 57 heavy (non-hydrogen) atoms. The molecule has 2 N–H and O–H groups in total. The summed E-state index contributed by atoms with van der Waals surface area (Å²) in [5.41, 5.74) is 12.0. The van der Waals surface area contributed by atoms with Crippen LogP contribution in [0.1, 0.15) is 29.0 Å². The van der Waals surface area contributed by atoms with E-state index in [0.29, 0.717) is 0 Å². The van der Waals surface area contributed by atoms with Crippen LogP contribution in [0.4, 0.5) is 0 Å². The number of nitrogens with zero attached hydrogens (tertiary/aromatic N) is 2. The van der Waals surface area contributed by atoms with Crippen molar-refractivity contribution in [3.8, 4) is 16.8 Å². The van der Waals surface area contributed by atoms with Crippen molar-refractivity contribution in [3.05, 3.63) is 199 Å². The van der Waals surface area contributed by atoms with Crippen molar-refractivity contribution in [2.24, 2.45) is 4.99 Å². The zero-order chi connectivity index (χ0) is 37.5. The Balaban J connectivity index is 0.960. The van der Waals surface area contributed by atoms with E-state index >= 15 is 0 Å². The van der Waals surface area contributed by atoms with Crippen LogP contribution in [0.25, 0.3) is 82.5 Å². The third kappa shape index (κ3) is 5.04. The highest BCUT2D eigenvalue weighted by Gasteiger charge is 2.26. The van der Waals surface area contributed by atoms with Gasteiger partial charge in [0.25, 0.3) is 0 Å². The maximum Gasteiger partial charge on any atom is 0.159 e. The van der Waals surface area contributed by atoms with E-state index in [1.54, 1.807) is 0 Å². The van der Waals surface area contributed by atoms with E-state index in [1.807, 2.05) is 24.3 Å². The molecular formula is C51H34N4O2. The number of hydrogen-bond donors (Lipinski definition) is 2. The van der Waals surface area contributed by atoms with Crippen molar-refractivity contribution in [1.29, 1.82) is 0 Å². The zero-order valence-electron chi connectivity index (χ0n) is 30.7. The molecule has 0 saturated heterocycles. The molecule has 0 saturated carbocycles. The van der Waals surface area contributed by atoms with Gasteiger partial charge in [-0.1, -0.05) is 140 Å². The first-order chi connectivity index (χ1) is 28.2. The molecule has 0 fully saturated rings. The second-order valence-corrected chi connectivity index (χ2v) is 14.8. The number of benzene rings is 8. The molecule has 0 aliphatic carbocycles. The van der Waals surface area contributed by atoms with Crippen molar-refractivity contribution < 1.29 is 8.83 Å². The number of aromatic nitrogens is 1. The first-order valence-electron chi connectivity index (χ1n) is 19.4. The lowest BCUT2D eigenvalue weighted by Gasteiger charge is -2.32. The molecule has 11 aromatic rings. The monoisotopic (exact) mass is 734 g/mol. The highest BCUT2D eigenvalue weighted by Crippen LogP contribution is 2.41. The van der Waals surface area contributed by atoms with Crippen LogP contribution in [0.3, 0.4) is 0 Å². The minimum absolute atomic E-state index is 0.112. The standard InChI is InChI=1S/C51H34N4O2/c1-3-13-31(14-4-1)49-52-50(32-15-5-2-6-16-32)54-51(53-49)34-26-28-45-41(29-34)40-20-11-19-35(47(40)56-45)33-25-27-38-39-21-12-24-44(48(39)57-46(38)30-33)55-42-22-9-7-17-36(42)37-18-8-10-23-43(37)55/h1-30,49,51,53H,(H,52,54). The summed E-state index contributed by atoms with van der Waals surface area (Å²) in [7, 11) is 0. The van der Waals surface area contributed by atoms with Crippen molar-refractivity contribution >= 4 is 71.5 Å². The number of para-hydroxylation sites is 4. The van der Waals surface area contributed by atoms with E-state index in [1.165, 1.54) is 10.8 Å². The second kappa shape index (κ2) is 12.6. The maximum absolute atomic E-state index is 6.83. The van der Waals surface area contributed by atoms with Crippen LogP contribution in [0.15, 0.2) is 196 Å². The minimum atomic E-state index is -0.271. The van der Waals surface area contributed by atoms with Gasteiger partial charge < -0.3 is 18.7 Å². The maximum atomic E-state index is 6.83. The average molecular weight is 735 g/mol. The Morgan fingerprint density at radius 1 is 0.456 bits per heavy atom. The fourth-order valence-corrected chi connectivity index (χ4v) is 8.81. The predicted octanol–water partition coefficient (Wildman–Crippen LogP) is 12.6. The Morgan fingerprint density at radius 3 is 1.91 bits per heavy atom. The molecule has 270 valence electrons. The van der Waals surface area contributed by atoms with Gasteiger partial charge in [0, 0.05) is 43.4 Å². The van der Waals surface area contributed by atoms with E-state index in [2.05, 4.69) is 173 Å². The van der Waals surface area contributed by atoms with E-state index in [0.717, 1.165) is 94.3 Å². The topological polar surface area (TPSA) is 67.6 Å². The van der Waals surface area contributed by atoms with Crippen LogP contribution in [0, 0.1) is 0 Å². The van der Waals surface area contributed by atoms with Gasteiger partial charge in [0.05, 0.1) is 16.7 Å². The van der Waals surface area contributed by atoms with Gasteiger partial charge in [-0.05, 0) is 59.2 Å². The van der Waals surface area contributed by atoms with Crippen LogP contribution in [-0.4, -0.2) is 10.4 Å². The Kier molecular flexibility index (Phi) is 7.03. The lowest BCUT2D eigenvalue weighted by atomic mass is 10.00. The number of nitrogens with one attached hydrogen (secondary N) is 2. The number of hydrogen-bond acceptors (Lipinski definition) is 5. The fourth-order valence-electron chi connectivity index (χ4n) is 8.81. The lowest BCUT2D eigenvalue weighted by molar-refractivity contribution is 0.409. The molecule has 0 amide bonds. The smallest absolute Gasteiger partial charge is 0.159 e. The van der Waals surface area contributed by atoms with Crippen LogP contribution < -0.4 is 10.6 Å². The molecule has 0 bridgehead atoms.